The van der Waals surface area contributed by atoms with Crippen LogP contribution in [0.4, 0.5) is 5.69 Å². The summed E-state index contributed by atoms with van der Waals surface area (Å²) in [4.78, 5) is 0. The number of rotatable bonds is 2. The minimum atomic E-state index is 0.117. The largest absolute Gasteiger partial charge is 0.492 e. The molecule has 0 fully saturated rings. The van der Waals surface area contributed by atoms with Gasteiger partial charge in [0.2, 0.25) is 0 Å². The molecule has 2 nitrogen and oxygen atoms in total. The van der Waals surface area contributed by atoms with Gasteiger partial charge in [-0.15, -0.1) is 11.6 Å². The molecule has 3 heteroatoms. The number of para-hydroxylation sites is 1. The van der Waals surface area contributed by atoms with Crippen LogP contribution in [0.15, 0.2) is 18.2 Å². The number of benzene rings is 1. The molecule has 1 aromatic rings. The van der Waals surface area contributed by atoms with Gasteiger partial charge in [0, 0.05) is 6.54 Å². The monoisotopic (exact) mass is 211 g/mol. The number of hydrogen-bond donors (Lipinski definition) is 1. The Kier molecular flexibility index (Phi) is 2.82. The lowest BCUT2D eigenvalue weighted by Crippen LogP contribution is -2.14. The maximum absolute atomic E-state index is 6.22. The van der Waals surface area contributed by atoms with Gasteiger partial charge in [-0.25, -0.2) is 0 Å². The Morgan fingerprint density at radius 1 is 1.57 bits per heavy atom. The Bertz CT molecular complexity index is 327. The molecule has 0 aromatic heterocycles. The molecule has 76 valence electrons. The van der Waals surface area contributed by atoms with Crippen molar-refractivity contribution >= 4 is 17.3 Å². The third-order valence-electron chi connectivity index (χ3n) is 2.40. The number of nitrogens with one attached hydrogen (secondary N) is 1. The first kappa shape index (κ1) is 9.66. The average molecular weight is 212 g/mol. The van der Waals surface area contributed by atoms with E-state index in [4.69, 9.17) is 16.3 Å². The molecule has 1 aliphatic rings. The van der Waals surface area contributed by atoms with Gasteiger partial charge in [0.05, 0.1) is 17.7 Å². The van der Waals surface area contributed by atoms with Crippen LogP contribution in [0.1, 0.15) is 24.3 Å². The maximum Gasteiger partial charge on any atom is 0.142 e. The highest BCUT2D eigenvalue weighted by Gasteiger charge is 2.20. The Balaban J connectivity index is 2.39. The highest BCUT2D eigenvalue weighted by Crippen LogP contribution is 2.39. The van der Waals surface area contributed by atoms with Crippen LogP contribution in [0.25, 0.3) is 0 Å². The van der Waals surface area contributed by atoms with Gasteiger partial charge in [-0.1, -0.05) is 12.1 Å². The summed E-state index contributed by atoms with van der Waals surface area (Å²) in [6.45, 7) is 3.59. The van der Waals surface area contributed by atoms with Crippen molar-refractivity contribution in [1.29, 1.82) is 0 Å². The molecule has 1 aromatic carbocycles. The summed E-state index contributed by atoms with van der Waals surface area (Å²) in [5.41, 5.74) is 2.23. The van der Waals surface area contributed by atoms with Crippen LogP contribution in [-0.2, 0) is 0 Å². The predicted molar refractivity (Wildman–Crippen MR) is 59.3 cm³/mol. The van der Waals surface area contributed by atoms with E-state index in [2.05, 4.69) is 11.4 Å². The van der Waals surface area contributed by atoms with Gasteiger partial charge in [0.1, 0.15) is 5.75 Å². The lowest BCUT2D eigenvalue weighted by molar-refractivity contribution is 0.341. The molecule has 0 saturated carbocycles. The molecule has 0 amide bonds. The third kappa shape index (κ3) is 1.67. The van der Waals surface area contributed by atoms with Gasteiger partial charge < -0.3 is 10.1 Å². The summed E-state index contributed by atoms with van der Waals surface area (Å²) in [6.07, 6.45) is 0.976. The highest BCUT2D eigenvalue weighted by atomic mass is 35.5. The first-order chi connectivity index (χ1) is 6.83. The van der Waals surface area contributed by atoms with Crippen molar-refractivity contribution in [2.75, 3.05) is 18.5 Å². The standard InChI is InChI=1S/C11H14ClNO/c1-2-14-10-5-3-4-8-9(12)6-7-13-11(8)10/h3-5,9,13H,2,6-7H2,1H3. The number of hydrogen-bond acceptors (Lipinski definition) is 2. The fourth-order valence-electron chi connectivity index (χ4n) is 1.75. The second-order valence-electron chi connectivity index (χ2n) is 3.34. The van der Waals surface area contributed by atoms with Crippen LogP contribution in [0.5, 0.6) is 5.75 Å². The third-order valence-corrected chi connectivity index (χ3v) is 2.85. The van der Waals surface area contributed by atoms with E-state index in [-0.39, 0.29) is 5.38 Å². The second kappa shape index (κ2) is 4.09. The zero-order valence-corrected chi connectivity index (χ0v) is 8.97. The van der Waals surface area contributed by atoms with E-state index >= 15 is 0 Å². The van der Waals surface area contributed by atoms with Crippen LogP contribution >= 0.6 is 11.6 Å². The van der Waals surface area contributed by atoms with Crippen molar-refractivity contribution in [2.24, 2.45) is 0 Å². The van der Waals surface area contributed by atoms with Crippen molar-refractivity contribution in [3.8, 4) is 5.75 Å². The molecule has 1 atom stereocenters. The van der Waals surface area contributed by atoms with Crippen molar-refractivity contribution in [3.05, 3.63) is 23.8 Å². The molecule has 1 heterocycles. The van der Waals surface area contributed by atoms with Gasteiger partial charge in [-0.05, 0) is 25.0 Å². The highest BCUT2D eigenvalue weighted by molar-refractivity contribution is 6.21. The molecule has 0 bridgehead atoms. The average Bonchev–Trinajstić information content (AvgIpc) is 2.20. The minimum Gasteiger partial charge on any atom is -0.492 e. The van der Waals surface area contributed by atoms with E-state index in [9.17, 15) is 0 Å². The van der Waals surface area contributed by atoms with E-state index in [1.165, 1.54) is 0 Å². The zero-order valence-electron chi connectivity index (χ0n) is 8.22. The molecule has 0 spiro atoms. The lowest BCUT2D eigenvalue weighted by atomic mass is 10.0. The second-order valence-corrected chi connectivity index (χ2v) is 3.86. The number of ether oxygens (including phenoxy) is 1. The number of anilines is 1. The molecular weight excluding hydrogens is 198 g/mol. The summed E-state index contributed by atoms with van der Waals surface area (Å²) < 4.78 is 5.53. The van der Waals surface area contributed by atoms with Crippen LogP contribution < -0.4 is 10.1 Å². The number of alkyl halides is 1. The Hall–Kier alpha value is -0.890. The SMILES string of the molecule is CCOc1cccc2c1NCCC2Cl. The van der Waals surface area contributed by atoms with E-state index in [0.29, 0.717) is 6.61 Å². The van der Waals surface area contributed by atoms with Gasteiger partial charge >= 0.3 is 0 Å². The van der Waals surface area contributed by atoms with Crippen LogP contribution in [-0.4, -0.2) is 13.2 Å². The molecule has 1 unspecified atom stereocenters. The Labute approximate surface area is 89.2 Å². The summed E-state index contributed by atoms with van der Waals surface area (Å²) in [7, 11) is 0. The molecule has 1 N–H and O–H groups in total. The topological polar surface area (TPSA) is 21.3 Å². The zero-order chi connectivity index (χ0) is 9.97. The quantitative estimate of drug-likeness (QED) is 0.759. The molecule has 0 radical (unpaired) electrons. The van der Waals surface area contributed by atoms with E-state index < -0.39 is 0 Å². The first-order valence-electron chi connectivity index (χ1n) is 4.96. The van der Waals surface area contributed by atoms with Crippen LogP contribution in [0.3, 0.4) is 0 Å². The Morgan fingerprint density at radius 3 is 3.21 bits per heavy atom. The van der Waals surface area contributed by atoms with E-state index in [0.717, 1.165) is 30.0 Å². The van der Waals surface area contributed by atoms with Crippen molar-refractivity contribution in [3.63, 3.8) is 0 Å². The number of fused-ring (bicyclic) bond motifs is 1. The van der Waals surface area contributed by atoms with Crippen molar-refractivity contribution in [1.82, 2.24) is 0 Å². The predicted octanol–water partition coefficient (Wildman–Crippen LogP) is 3.18. The maximum atomic E-state index is 6.22. The summed E-state index contributed by atoms with van der Waals surface area (Å²) in [5.74, 6) is 0.912. The fraction of sp³-hybridized carbons (Fsp3) is 0.455. The van der Waals surface area contributed by atoms with Gasteiger partial charge in [-0.2, -0.15) is 0 Å². The molecular formula is C11H14ClNO. The molecule has 0 saturated heterocycles. The molecule has 2 rings (SSSR count). The van der Waals surface area contributed by atoms with Crippen LogP contribution in [0.2, 0.25) is 0 Å². The van der Waals surface area contributed by atoms with Gasteiger partial charge in [0.15, 0.2) is 0 Å². The first-order valence-corrected chi connectivity index (χ1v) is 5.40. The van der Waals surface area contributed by atoms with Gasteiger partial charge in [0.25, 0.3) is 0 Å². The minimum absolute atomic E-state index is 0.117. The normalized spacial score (nSPS) is 19.7. The van der Waals surface area contributed by atoms with Crippen molar-refractivity contribution < 1.29 is 4.74 Å². The smallest absolute Gasteiger partial charge is 0.142 e. The summed E-state index contributed by atoms with van der Waals surface area (Å²) in [6, 6.07) is 6.03. The summed E-state index contributed by atoms with van der Waals surface area (Å²) in [5, 5.41) is 3.45. The molecule has 0 aliphatic carbocycles. The van der Waals surface area contributed by atoms with Crippen LogP contribution in [0, 0.1) is 0 Å². The summed E-state index contributed by atoms with van der Waals surface area (Å²) >= 11 is 6.22. The van der Waals surface area contributed by atoms with E-state index in [1.807, 2.05) is 19.1 Å². The molecule has 1 aliphatic heterocycles. The fourth-order valence-corrected chi connectivity index (χ4v) is 2.04. The Morgan fingerprint density at radius 2 is 2.43 bits per heavy atom. The van der Waals surface area contributed by atoms with E-state index in [1.54, 1.807) is 0 Å². The number of halogens is 1. The van der Waals surface area contributed by atoms with Crippen molar-refractivity contribution in [2.45, 2.75) is 18.7 Å². The lowest BCUT2D eigenvalue weighted by Gasteiger charge is -2.24. The van der Waals surface area contributed by atoms with Gasteiger partial charge in [-0.3, -0.25) is 0 Å². The molecule has 14 heavy (non-hydrogen) atoms.